The smallest absolute Gasteiger partial charge is 0.308 e. The molecular weight excluding hydrogens is 324 g/mol. The van der Waals surface area contributed by atoms with Gasteiger partial charge in [-0.25, -0.2) is 0 Å². The third kappa shape index (κ3) is 4.71. The molecule has 136 valence electrons. The van der Waals surface area contributed by atoms with Crippen molar-refractivity contribution in [3.05, 3.63) is 29.8 Å². The van der Waals surface area contributed by atoms with E-state index in [1.54, 1.807) is 24.3 Å². The molecule has 0 aromatic heterocycles. The fraction of sp³-hybridized carbons (Fsp3) is 0.500. The molecular formula is C18H24N2O5. The highest BCUT2D eigenvalue weighted by Gasteiger charge is 2.36. The first kappa shape index (κ1) is 18.8. The Morgan fingerprint density at radius 2 is 2.08 bits per heavy atom. The molecule has 1 aromatic rings. The fourth-order valence-corrected chi connectivity index (χ4v) is 2.68. The Morgan fingerprint density at radius 3 is 2.80 bits per heavy atom. The Kier molecular flexibility index (Phi) is 6.80. The van der Waals surface area contributed by atoms with Crippen molar-refractivity contribution in [3.8, 4) is 5.75 Å². The maximum atomic E-state index is 12.9. The Labute approximate surface area is 147 Å². The van der Waals surface area contributed by atoms with Crippen molar-refractivity contribution in [2.75, 3.05) is 26.8 Å². The van der Waals surface area contributed by atoms with E-state index in [1.165, 1.54) is 12.0 Å². The van der Waals surface area contributed by atoms with Crippen molar-refractivity contribution in [2.45, 2.75) is 32.2 Å². The first-order valence-electron chi connectivity index (χ1n) is 8.45. The summed E-state index contributed by atoms with van der Waals surface area (Å²) in [6, 6.07) is 5.95. The molecule has 1 aromatic carbocycles. The molecule has 2 amide bonds. The lowest BCUT2D eigenvalue weighted by Crippen LogP contribution is -2.57. The molecule has 25 heavy (non-hydrogen) atoms. The number of rotatable bonds is 7. The first-order valence-corrected chi connectivity index (χ1v) is 8.45. The number of methoxy groups -OCH3 is 1. The van der Waals surface area contributed by atoms with Gasteiger partial charge in [-0.05, 0) is 18.6 Å². The van der Waals surface area contributed by atoms with Gasteiger partial charge >= 0.3 is 5.97 Å². The van der Waals surface area contributed by atoms with E-state index in [0.717, 1.165) is 12.8 Å². The molecule has 0 aliphatic carbocycles. The van der Waals surface area contributed by atoms with Gasteiger partial charge in [-0.2, -0.15) is 0 Å². The van der Waals surface area contributed by atoms with Crippen LogP contribution in [0.25, 0.3) is 0 Å². The van der Waals surface area contributed by atoms with Crippen molar-refractivity contribution < 1.29 is 23.9 Å². The van der Waals surface area contributed by atoms with Crippen molar-refractivity contribution >= 4 is 17.8 Å². The zero-order valence-electron chi connectivity index (χ0n) is 14.6. The normalized spacial score (nSPS) is 17.0. The van der Waals surface area contributed by atoms with E-state index in [9.17, 15) is 14.4 Å². The van der Waals surface area contributed by atoms with Gasteiger partial charge in [-0.15, -0.1) is 0 Å². The summed E-state index contributed by atoms with van der Waals surface area (Å²) in [6.07, 6.45) is 1.53. The second-order valence-electron chi connectivity index (χ2n) is 5.78. The molecule has 0 saturated carbocycles. The quantitative estimate of drug-likeness (QED) is 0.594. The van der Waals surface area contributed by atoms with Crippen LogP contribution in [0.5, 0.6) is 5.75 Å². The molecule has 7 nitrogen and oxygen atoms in total. The van der Waals surface area contributed by atoms with Gasteiger partial charge in [0.2, 0.25) is 5.91 Å². The van der Waals surface area contributed by atoms with Crippen LogP contribution >= 0.6 is 0 Å². The molecule has 2 rings (SSSR count). The SMILES string of the molecule is CCCCOC(=O)CC1C(=O)NCCN1C(=O)c1ccccc1OC. The third-order valence-corrected chi connectivity index (χ3v) is 4.05. The zero-order valence-corrected chi connectivity index (χ0v) is 14.6. The average Bonchev–Trinajstić information content (AvgIpc) is 2.63. The zero-order chi connectivity index (χ0) is 18.2. The maximum Gasteiger partial charge on any atom is 0.308 e. The lowest BCUT2D eigenvalue weighted by molar-refractivity contribution is -0.147. The van der Waals surface area contributed by atoms with E-state index in [1.807, 2.05) is 6.92 Å². The number of para-hydroxylation sites is 1. The lowest BCUT2D eigenvalue weighted by atomic mass is 10.1. The molecule has 1 N–H and O–H groups in total. The Balaban J connectivity index is 2.14. The number of carbonyl (C=O) groups excluding carboxylic acids is 3. The van der Waals surface area contributed by atoms with Crippen LogP contribution in [0.4, 0.5) is 0 Å². The lowest BCUT2D eigenvalue weighted by Gasteiger charge is -2.34. The number of ether oxygens (including phenoxy) is 2. The molecule has 1 atom stereocenters. The van der Waals surface area contributed by atoms with Crippen LogP contribution in [0, 0.1) is 0 Å². The Bertz CT molecular complexity index is 632. The molecule has 0 spiro atoms. The summed E-state index contributed by atoms with van der Waals surface area (Å²) in [7, 11) is 1.48. The number of piperazine rings is 1. The van der Waals surface area contributed by atoms with E-state index in [-0.39, 0.29) is 18.2 Å². The molecule has 1 aliphatic heterocycles. The Hall–Kier alpha value is -2.57. The summed E-state index contributed by atoms with van der Waals surface area (Å²) in [5, 5.41) is 2.70. The second kappa shape index (κ2) is 9.05. The summed E-state index contributed by atoms with van der Waals surface area (Å²) < 4.78 is 10.4. The monoisotopic (exact) mass is 348 g/mol. The number of amides is 2. The highest BCUT2D eigenvalue weighted by Crippen LogP contribution is 2.22. The van der Waals surface area contributed by atoms with Crippen LogP contribution in [0.2, 0.25) is 0 Å². The molecule has 1 saturated heterocycles. The number of esters is 1. The van der Waals surface area contributed by atoms with Gasteiger partial charge in [-0.1, -0.05) is 25.5 Å². The van der Waals surface area contributed by atoms with Crippen LogP contribution in [-0.4, -0.2) is 55.5 Å². The van der Waals surface area contributed by atoms with Crippen LogP contribution in [0.1, 0.15) is 36.5 Å². The molecule has 1 unspecified atom stereocenters. The number of hydrogen-bond acceptors (Lipinski definition) is 5. The predicted octanol–water partition coefficient (Wildman–Crippen LogP) is 1.37. The van der Waals surface area contributed by atoms with Gasteiger partial charge in [0.15, 0.2) is 0 Å². The maximum absolute atomic E-state index is 12.9. The minimum atomic E-state index is -0.875. The predicted molar refractivity (Wildman–Crippen MR) is 91.3 cm³/mol. The van der Waals surface area contributed by atoms with Crippen LogP contribution < -0.4 is 10.1 Å². The van der Waals surface area contributed by atoms with Crippen LogP contribution in [0.3, 0.4) is 0 Å². The first-order chi connectivity index (χ1) is 12.1. The van der Waals surface area contributed by atoms with Gasteiger partial charge < -0.3 is 19.7 Å². The van der Waals surface area contributed by atoms with E-state index >= 15 is 0 Å². The largest absolute Gasteiger partial charge is 0.496 e. The summed E-state index contributed by atoms with van der Waals surface area (Å²) in [6.45, 7) is 3.00. The Morgan fingerprint density at radius 1 is 1.32 bits per heavy atom. The van der Waals surface area contributed by atoms with Crippen molar-refractivity contribution in [1.82, 2.24) is 10.2 Å². The summed E-state index contributed by atoms with van der Waals surface area (Å²) in [4.78, 5) is 38.5. The van der Waals surface area contributed by atoms with Crippen molar-refractivity contribution in [2.24, 2.45) is 0 Å². The van der Waals surface area contributed by atoms with Gasteiger partial charge in [0.25, 0.3) is 5.91 Å². The number of nitrogens with one attached hydrogen (secondary N) is 1. The van der Waals surface area contributed by atoms with E-state index in [0.29, 0.717) is 31.0 Å². The number of nitrogens with zero attached hydrogens (tertiary/aromatic N) is 1. The fourth-order valence-electron chi connectivity index (χ4n) is 2.68. The minimum absolute atomic E-state index is 0.156. The van der Waals surface area contributed by atoms with Crippen LogP contribution in [-0.2, 0) is 14.3 Å². The molecule has 7 heteroatoms. The molecule has 1 heterocycles. The summed E-state index contributed by atoms with van der Waals surface area (Å²) in [5.74, 6) is -0.725. The highest BCUT2D eigenvalue weighted by molar-refractivity contribution is 6.01. The van der Waals surface area contributed by atoms with Gasteiger partial charge in [0.1, 0.15) is 11.8 Å². The topological polar surface area (TPSA) is 84.9 Å². The summed E-state index contributed by atoms with van der Waals surface area (Å²) >= 11 is 0. The highest BCUT2D eigenvalue weighted by atomic mass is 16.5. The number of benzene rings is 1. The van der Waals surface area contributed by atoms with Gasteiger partial charge in [0, 0.05) is 13.1 Å². The molecule has 0 bridgehead atoms. The molecule has 1 fully saturated rings. The molecule has 1 aliphatic rings. The van der Waals surface area contributed by atoms with E-state index in [2.05, 4.69) is 5.32 Å². The number of unbranched alkanes of at least 4 members (excludes halogenated alkanes) is 1. The van der Waals surface area contributed by atoms with Crippen molar-refractivity contribution in [3.63, 3.8) is 0 Å². The average molecular weight is 348 g/mol. The number of carbonyl (C=O) groups is 3. The van der Waals surface area contributed by atoms with E-state index < -0.39 is 12.0 Å². The minimum Gasteiger partial charge on any atom is -0.496 e. The second-order valence-corrected chi connectivity index (χ2v) is 5.78. The van der Waals surface area contributed by atoms with Gasteiger partial charge in [-0.3, -0.25) is 14.4 Å². The van der Waals surface area contributed by atoms with Crippen molar-refractivity contribution in [1.29, 1.82) is 0 Å². The van der Waals surface area contributed by atoms with E-state index in [4.69, 9.17) is 9.47 Å². The number of hydrogen-bond donors (Lipinski definition) is 1. The molecule has 0 radical (unpaired) electrons. The summed E-state index contributed by atoms with van der Waals surface area (Å²) in [5.41, 5.74) is 0.365. The standard InChI is InChI=1S/C18H24N2O5/c1-3-4-11-25-16(21)12-14-17(22)19-9-10-20(14)18(23)13-7-5-6-8-15(13)24-2/h5-8,14H,3-4,9-12H2,1-2H3,(H,19,22). The van der Waals surface area contributed by atoms with Gasteiger partial charge in [0.05, 0.1) is 25.7 Å². The van der Waals surface area contributed by atoms with Crippen LogP contribution in [0.15, 0.2) is 24.3 Å². The third-order valence-electron chi connectivity index (χ3n) is 4.05.